The summed E-state index contributed by atoms with van der Waals surface area (Å²) in [5.74, 6) is -1.90. The average Bonchev–Trinajstić information content (AvgIpc) is 3.75. The third-order valence-corrected chi connectivity index (χ3v) is 11.4. The van der Waals surface area contributed by atoms with Gasteiger partial charge in [-0.15, -0.1) is 29.3 Å². The summed E-state index contributed by atoms with van der Waals surface area (Å²) in [6, 6.07) is 22.3. The van der Waals surface area contributed by atoms with E-state index in [0.717, 1.165) is 5.56 Å². The number of imidazole rings is 1. The number of pyridine rings is 1. The summed E-state index contributed by atoms with van der Waals surface area (Å²) in [5, 5.41) is 12.3. The van der Waals surface area contributed by atoms with E-state index in [1.165, 1.54) is 0 Å². The number of hydrogen-bond donors (Lipinski definition) is 1. The monoisotopic (exact) mass is 1040 g/mol. The molecule has 0 atom stereocenters. The van der Waals surface area contributed by atoms with Crippen LogP contribution in [0.5, 0.6) is 5.75 Å². The molecular weight excluding hydrogens is 962 g/mol. The molecule has 0 saturated heterocycles. The zero-order valence-corrected chi connectivity index (χ0v) is 40.4. The Morgan fingerprint density at radius 2 is 1.41 bits per heavy atom. The Labute approximate surface area is 417 Å². The van der Waals surface area contributed by atoms with E-state index < -0.39 is 95.4 Å². The molecule has 1 N–H and O–H groups in total. The van der Waals surface area contributed by atoms with Gasteiger partial charge in [-0.1, -0.05) is 159 Å². The number of rotatable bonds is 8. The number of aryl methyl sites for hydroxylation is 2. The molecule has 0 spiro atoms. The first-order chi connectivity index (χ1) is 35.7. The molecule has 0 aliphatic rings. The molecule has 0 saturated carbocycles. The molecule has 0 amide bonds. The molecule has 0 radical (unpaired) electrons. The maximum Gasteiger partial charge on any atom is 0.148 e. The fraction of sp³-hybridized carbons (Fsp3) is 0.288. The Hall–Kier alpha value is -5.57. The van der Waals surface area contributed by atoms with Crippen molar-refractivity contribution in [1.29, 1.82) is 0 Å². The molecule has 330 valence electrons. The van der Waals surface area contributed by atoms with Crippen LogP contribution in [0.25, 0.3) is 72.7 Å². The number of benzene rings is 6. The SMILES string of the molecule is [2H]c1nc(-c2[c-]c(-c3cccc4c3nc(-c3cc(C)cc(C(C)(C)C)c3O)n4-c3ccc(-c4cc(C([2H])(C)C)cc(C([2H])(C)C)c4)cc3C([2H])([2H])[2H])cc(C(C)(C)C)c2)c([2H])c(-c2c([2H])c([2H])c(C([2H])([2H])[2H])c([2H])c2[2H])c1[2H].[Pt]. The van der Waals surface area contributed by atoms with Gasteiger partial charge in [-0.25, -0.2) is 4.98 Å². The molecule has 8 aromatic rings. The van der Waals surface area contributed by atoms with E-state index in [-0.39, 0.29) is 55.1 Å². The van der Waals surface area contributed by atoms with Crippen LogP contribution < -0.4 is 0 Å². The van der Waals surface area contributed by atoms with Gasteiger partial charge in [-0.3, -0.25) is 9.55 Å². The minimum absolute atomic E-state index is 0. The number of para-hydroxylation sites is 1. The van der Waals surface area contributed by atoms with E-state index in [0.29, 0.717) is 61.1 Å². The van der Waals surface area contributed by atoms with Gasteiger partial charge in [0.05, 0.1) is 31.9 Å². The van der Waals surface area contributed by atoms with Crippen LogP contribution in [-0.4, -0.2) is 19.6 Å². The Balaban J connectivity index is 0.00000903. The van der Waals surface area contributed by atoms with Crippen LogP contribution in [0.1, 0.15) is 141 Å². The van der Waals surface area contributed by atoms with Crippen LogP contribution in [0.3, 0.4) is 0 Å². The van der Waals surface area contributed by atoms with E-state index in [1.54, 1.807) is 74.7 Å². The molecule has 4 nitrogen and oxygen atoms in total. The van der Waals surface area contributed by atoms with Gasteiger partial charge >= 0.3 is 0 Å². The number of hydrogen-bond acceptors (Lipinski definition) is 3. The van der Waals surface area contributed by atoms with Gasteiger partial charge < -0.3 is 5.11 Å². The largest absolute Gasteiger partial charge is 0.507 e. The van der Waals surface area contributed by atoms with Gasteiger partial charge in [-0.2, -0.15) is 0 Å². The summed E-state index contributed by atoms with van der Waals surface area (Å²) in [6.45, 7) is 15.1. The summed E-state index contributed by atoms with van der Waals surface area (Å²) >= 11 is 0. The smallest absolute Gasteiger partial charge is 0.148 e. The summed E-state index contributed by atoms with van der Waals surface area (Å²) < 4.78 is 133. The normalized spacial score (nSPS) is 16.1. The van der Waals surface area contributed by atoms with Crippen LogP contribution in [0.4, 0.5) is 0 Å². The van der Waals surface area contributed by atoms with Crippen LogP contribution in [0, 0.1) is 26.7 Å². The number of phenols is 1. The predicted octanol–water partition coefficient (Wildman–Crippen LogP) is 16.0. The quantitative estimate of drug-likeness (QED) is 0.154. The van der Waals surface area contributed by atoms with Crippen molar-refractivity contribution in [2.45, 2.75) is 112 Å². The first-order valence-electron chi connectivity index (χ1n) is 28.6. The Morgan fingerprint density at radius 1 is 0.703 bits per heavy atom. The second-order valence-electron chi connectivity index (χ2n) is 18.8. The summed E-state index contributed by atoms with van der Waals surface area (Å²) in [4.78, 5) is 9.71. The van der Waals surface area contributed by atoms with E-state index in [9.17, 15) is 6.48 Å². The molecule has 2 aromatic heterocycles. The van der Waals surface area contributed by atoms with Gasteiger partial charge in [0.15, 0.2) is 0 Å². The molecular formula is C59H62N3OPt-. The van der Waals surface area contributed by atoms with Crippen molar-refractivity contribution in [2.75, 3.05) is 0 Å². The van der Waals surface area contributed by atoms with Gasteiger partial charge in [-0.05, 0) is 118 Å². The molecule has 64 heavy (non-hydrogen) atoms. The van der Waals surface area contributed by atoms with Crippen molar-refractivity contribution in [1.82, 2.24) is 14.5 Å². The molecule has 0 unspecified atom stereocenters. The van der Waals surface area contributed by atoms with Crippen LogP contribution in [0.15, 0.2) is 121 Å². The number of aromatic hydroxyl groups is 1. The van der Waals surface area contributed by atoms with Gasteiger partial charge in [0, 0.05) is 49.5 Å². The second-order valence-corrected chi connectivity index (χ2v) is 18.8. The minimum atomic E-state index is -3.01. The van der Waals surface area contributed by atoms with Gasteiger partial charge in [0.1, 0.15) is 11.6 Å². The standard InChI is InChI=1S/C59H62N3O.Pt/c1-35(2)43-28-44(36(3)4)30-45(29-43)41-21-22-53(39(7)27-41)62-54-16-14-15-49(55(54)61-57(62)50-25-38(6)26-51(56(50)63)59(11,12)13)46-31-47(33-48(32-46)58(8,9)10)52-34-42(23-24-60-52)40-19-17-37(5)18-20-40;/h14-30,32-36,63H,1-13H3;/q-1;/i5D3,7D3,17D,18D,19D,20D,23D,24D,34D,35D,36D;. The van der Waals surface area contributed by atoms with Crippen LogP contribution >= 0.6 is 0 Å². The van der Waals surface area contributed by atoms with E-state index >= 15 is 0 Å². The van der Waals surface area contributed by atoms with E-state index in [4.69, 9.17) is 24.2 Å². The Kier molecular flexibility index (Phi) is 8.48. The molecule has 2 heterocycles. The Morgan fingerprint density at radius 3 is 2.05 bits per heavy atom. The molecule has 0 bridgehead atoms. The van der Waals surface area contributed by atoms with Gasteiger partial charge in [0.2, 0.25) is 0 Å². The number of nitrogens with zero attached hydrogens (tertiary/aromatic N) is 3. The van der Waals surface area contributed by atoms with Crippen molar-refractivity contribution in [3.63, 3.8) is 0 Å². The van der Waals surface area contributed by atoms with Crippen molar-refractivity contribution >= 4 is 11.0 Å². The van der Waals surface area contributed by atoms with Crippen molar-refractivity contribution < 1.29 is 46.7 Å². The topological polar surface area (TPSA) is 50.9 Å². The van der Waals surface area contributed by atoms with Crippen LogP contribution in [-0.2, 0) is 31.9 Å². The first kappa shape index (κ1) is 30.5. The second kappa shape index (κ2) is 17.8. The van der Waals surface area contributed by atoms with Gasteiger partial charge in [0.25, 0.3) is 0 Å². The molecule has 0 aliphatic carbocycles. The zero-order valence-electron chi connectivity index (χ0n) is 53.1. The summed E-state index contributed by atoms with van der Waals surface area (Å²) in [6.07, 6.45) is -0.647. The maximum absolute atomic E-state index is 12.3. The number of phenolic OH excluding ortho intramolecular Hbond substituents is 1. The van der Waals surface area contributed by atoms with Crippen molar-refractivity contribution in [3.8, 4) is 67.5 Å². The molecule has 5 heteroatoms. The third-order valence-electron chi connectivity index (χ3n) is 11.4. The first-order valence-corrected chi connectivity index (χ1v) is 21.1. The fourth-order valence-corrected chi connectivity index (χ4v) is 7.83. The molecule has 0 aliphatic heterocycles. The predicted molar refractivity (Wildman–Crippen MR) is 266 cm³/mol. The van der Waals surface area contributed by atoms with Crippen LogP contribution in [0.2, 0.25) is 0 Å². The van der Waals surface area contributed by atoms with Crippen molar-refractivity contribution in [2.24, 2.45) is 0 Å². The summed E-state index contributed by atoms with van der Waals surface area (Å²) in [5.41, 5.74) is 4.02. The Bertz CT molecular complexity index is 3700. The molecule has 0 fully saturated rings. The minimum Gasteiger partial charge on any atom is -0.507 e. The van der Waals surface area contributed by atoms with E-state index in [1.807, 2.05) is 84.9 Å². The zero-order chi connectivity index (χ0) is 58.1. The maximum atomic E-state index is 12.3. The van der Waals surface area contributed by atoms with E-state index in [2.05, 4.69) is 11.1 Å². The molecule has 8 rings (SSSR count). The number of aromatic nitrogens is 3. The van der Waals surface area contributed by atoms with Crippen molar-refractivity contribution in [3.05, 3.63) is 166 Å². The average molecular weight is 1040 g/mol. The number of fused-ring (bicyclic) bond motifs is 1. The third kappa shape index (κ3) is 9.18. The summed E-state index contributed by atoms with van der Waals surface area (Å²) in [7, 11) is 0. The molecule has 6 aromatic carbocycles. The fourth-order valence-electron chi connectivity index (χ4n) is 7.83.